The van der Waals surface area contributed by atoms with E-state index in [4.69, 9.17) is 21.1 Å². The quantitative estimate of drug-likeness (QED) is 0.573. The first kappa shape index (κ1) is 21.8. The Bertz CT molecular complexity index is 953. The Morgan fingerprint density at radius 1 is 1.34 bits per heavy atom. The number of benzene rings is 1. The second-order valence-electron chi connectivity index (χ2n) is 7.86. The number of carbonyl (C=O) groups excluding carboxylic acids is 1. The van der Waals surface area contributed by atoms with Gasteiger partial charge < -0.3 is 19.3 Å². The summed E-state index contributed by atoms with van der Waals surface area (Å²) in [6.07, 6.45) is 0.957. The summed E-state index contributed by atoms with van der Waals surface area (Å²) in [6.45, 7) is 8.86. The zero-order chi connectivity index (χ0) is 21.5. The van der Waals surface area contributed by atoms with Gasteiger partial charge in [-0.1, -0.05) is 11.6 Å². The van der Waals surface area contributed by atoms with E-state index in [0.29, 0.717) is 36.6 Å². The molecular weight excluding hydrogens is 467 g/mol. The maximum Gasteiger partial charge on any atom is 0.410 e. The molecule has 1 aromatic heterocycles. The molecule has 0 bridgehead atoms. The molecule has 158 valence electrons. The van der Waals surface area contributed by atoms with E-state index in [-0.39, 0.29) is 27.1 Å². The average molecular weight is 490 g/mol. The second-order valence-corrected chi connectivity index (χ2v) is 9.04. The lowest BCUT2D eigenvalue weighted by molar-refractivity contribution is 0.0159. The molecule has 29 heavy (non-hydrogen) atoms. The fourth-order valence-corrected chi connectivity index (χ4v) is 3.96. The lowest BCUT2D eigenvalue weighted by Crippen LogP contribution is -2.55. The number of hydrogen-bond acceptors (Lipinski definition) is 6. The molecule has 1 aliphatic rings. The summed E-state index contributed by atoms with van der Waals surface area (Å²) in [5.41, 5.74) is -0.448. The SMILES string of the molecule is COc1c(Cl)c(Br)c(F)c2ncnc(N3CCN(C(=O)OC(C)(C)C)C(C)C3)c12. The van der Waals surface area contributed by atoms with Gasteiger partial charge in [-0.25, -0.2) is 19.2 Å². The fourth-order valence-electron chi connectivity index (χ4n) is 3.33. The zero-order valence-corrected chi connectivity index (χ0v) is 19.3. The number of amides is 1. The van der Waals surface area contributed by atoms with Crippen LogP contribution in [0.5, 0.6) is 5.75 Å². The standard InChI is InChI=1S/C19H23BrClFN4O3/c1-10-8-25(6-7-26(10)18(27)29-19(2,3)4)17-11-15(23-9-24-17)14(22)12(20)13(21)16(11)28-5/h9-10H,6-8H2,1-5H3. The first-order chi connectivity index (χ1) is 13.5. The summed E-state index contributed by atoms with van der Waals surface area (Å²) in [4.78, 5) is 24.6. The van der Waals surface area contributed by atoms with Crippen molar-refractivity contribution in [3.63, 3.8) is 0 Å². The van der Waals surface area contributed by atoms with E-state index in [0.717, 1.165) is 0 Å². The Balaban J connectivity index is 1.96. The highest BCUT2D eigenvalue weighted by Crippen LogP contribution is 2.44. The summed E-state index contributed by atoms with van der Waals surface area (Å²) in [5, 5.41) is 0.521. The number of aromatic nitrogens is 2. The molecule has 0 radical (unpaired) electrons. The first-order valence-corrected chi connectivity index (χ1v) is 10.3. The van der Waals surface area contributed by atoms with E-state index in [2.05, 4.69) is 25.9 Å². The number of halogens is 3. The molecule has 2 aromatic rings. The second kappa shape index (κ2) is 8.10. The number of nitrogens with zero attached hydrogens (tertiary/aromatic N) is 4. The van der Waals surface area contributed by atoms with Crippen LogP contribution in [-0.4, -0.2) is 59.3 Å². The molecule has 3 rings (SSSR count). The molecule has 1 aliphatic heterocycles. The Labute approximate surface area is 182 Å². The minimum atomic E-state index is -0.574. The van der Waals surface area contributed by atoms with Crippen molar-refractivity contribution in [3.05, 3.63) is 21.6 Å². The third-order valence-corrected chi connectivity index (χ3v) is 5.94. The van der Waals surface area contributed by atoms with E-state index in [1.165, 1.54) is 13.4 Å². The van der Waals surface area contributed by atoms with Crippen LogP contribution in [0, 0.1) is 5.82 Å². The van der Waals surface area contributed by atoms with Crippen LogP contribution in [0.1, 0.15) is 27.7 Å². The number of hydrogen-bond donors (Lipinski definition) is 0. The van der Waals surface area contributed by atoms with Crippen LogP contribution in [0.2, 0.25) is 5.02 Å². The lowest BCUT2D eigenvalue weighted by Gasteiger charge is -2.41. The van der Waals surface area contributed by atoms with Crippen LogP contribution in [-0.2, 0) is 4.74 Å². The first-order valence-electron chi connectivity index (χ1n) is 9.14. The van der Waals surface area contributed by atoms with E-state index in [1.54, 1.807) is 4.90 Å². The molecule has 1 amide bonds. The van der Waals surface area contributed by atoms with Gasteiger partial charge in [0, 0.05) is 25.7 Å². The van der Waals surface area contributed by atoms with Gasteiger partial charge in [0.15, 0.2) is 11.6 Å². The van der Waals surface area contributed by atoms with E-state index >= 15 is 0 Å². The van der Waals surface area contributed by atoms with Crippen molar-refractivity contribution in [3.8, 4) is 5.75 Å². The van der Waals surface area contributed by atoms with Crippen molar-refractivity contribution < 1.29 is 18.7 Å². The summed E-state index contributed by atoms with van der Waals surface area (Å²) in [7, 11) is 1.46. The molecule has 1 aromatic carbocycles. The molecular formula is C19H23BrClFN4O3. The van der Waals surface area contributed by atoms with Gasteiger partial charge in [-0.3, -0.25) is 0 Å². The number of fused-ring (bicyclic) bond motifs is 1. The molecule has 0 N–H and O–H groups in total. The van der Waals surface area contributed by atoms with Gasteiger partial charge in [-0.15, -0.1) is 0 Å². The normalized spacial score (nSPS) is 17.6. The summed E-state index contributed by atoms with van der Waals surface area (Å²) in [5.74, 6) is 0.235. The predicted molar refractivity (Wildman–Crippen MR) is 113 cm³/mol. The molecule has 0 aliphatic carbocycles. The Kier molecular flexibility index (Phi) is 6.10. The van der Waals surface area contributed by atoms with Crippen LogP contribution in [0.25, 0.3) is 10.9 Å². The molecule has 1 atom stereocenters. The van der Waals surface area contributed by atoms with Crippen LogP contribution in [0.4, 0.5) is 15.0 Å². The van der Waals surface area contributed by atoms with Gasteiger partial charge in [-0.05, 0) is 43.6 Å². The molecule has 1 saturated heterocycles. The lowest BCUT2D eigenvalue weighted by atomic mass is 10.1. The minimum Gasteiger partial charge on any atom is -0.494 e. The number of piperazine rings is 1. The highest BCUT2D eigenvalue weighted by molar-refractivity contribution is 9.10. The zero-order valence-electron chi connectivity index (χ0n) is 16.9. The smallest absolute Gasteiger partial charge is 0.410 e. The highest BCUT2D eigenvalue weighted by Gasteiger charge is 2.33. The van der Waals surface area contributed by atoms with Crippen molar-refractivity contribution in [2.75, 3.05) is 31.6 Å². The number of ether oxygens (including phenoxy) is 2. The molecule has 1 fully saturated rings. The average Bonchev–Trinajstić information content (AvgIpc) is 2.64. The maximum atomic E-state index is 14.8. The number of anilines is 1. The predicted octanol–water partition coefficient (Wildman–Crippen LogP) is 4.64. The summed E-state index contributed by atoms with van der Waals surface area (Å²) in [6, 6.07) is -0.134. The van der Waals surface area contributed by atoms with Crippen molar-refractivity contribution in [1.29, 1.82) is 0 Å². The molecule has 0 spiro atoms. The van der Waals surface area contributed by atoms with E-state index < -0.39 is 11.4 Å². The van der Waals surface area contributed by atoms with Gasteiger partial charge in [0.2, 0.25) is 0 Å². The summed E-state index contributed by atoms with van der Waals surface area (Å²) >= 11 is 9.44. The maximum absolute atomic E-state index is 14.8. The van der Waals surface area contributed by atoms with Gasteiger partial charge in [-0.2, -0.15) is 0 Å². The van der Waals surface area contributed by atoms with Gasteiger partial charge in [0.25, 0.3) is 0 Å². The summed E-state index contributed by atoms with van der Waals surface area (Å²) < 4.78 is 25.8. The Hall–Kier alpha value is -1.87. The van der Waals surface area contributed by atoms with Gasteiger partial charge >= 0.3 is 6.09 Å². The fraction of sp³-hybridized carbons (Fsp3) is 0.526. The van der Waals surface area contributed by atoms with Crippen molar-refractivity contribution in [2.24, 2.45) is 0 Å². The van der Waals surface area contributed by atoms with Gasteiger partial charge in [0.1, 0.15) is 28.3 Å². The van der Waals surface area contributed by atoms with Crippen LogP contribution in [0.15, 0.2) is 10.8 Å². The van der Waals surface area contributed by atoms with Crippen molar-refractivity contribution in [2.45, 2.75) is 39.3 Å². The van der Waals surface area contributed by atoms with Crippen molar-refractivity contribution in [1.82, 2.24) is 14.9 Å². The van der Waals surface area contributed by atoms with Gasteiger partial charge in [0.05, 0.1) is 17.0 Å². The van der Waals surface area contributed by atoms with Crippen LogP contribution < -0.4 is 9.64 Å². The largest absolute Gasteiger partial charge is 0.494 e. The Morgan fingerprint density at radius 3 is 2.62 bits per heavy atom. The number of methoxy groups -OCH3 is 1. The third-order valence-electron chi connectivity index (χ3n) is 4.61. The van der Waals surface area contributed by atoms with Crippen LogP contribution in [0.3, 0.4) is 0 Å². The molecule has 10 heteroatoms. The van der Waals surface area contributed by atoms with Crippen LogP contribution >= 0.6 is 27.5 Å². The topological polar surface area (TPSA) is 67.8 Å². The van der Waals surface area contributed by atoms with E-state index in [9.17, 15) is 9.18 Å². The Morgan fingerprint density at radius 2 is 2.03 bits per heavy atom. The number of rotatable bonds is 2. The van der Waals surface area contributed by atoms with E-state index in [1.807, 2.05) is 32.6 Å². The molecule has 7 nitrogen and oxygen atoms in total. The monoisotopic (exact) mass is 488 g/mol. The highest BCUT2D eigenvalue weighted by atomic mass is 79.9. The molecule has 1 unspecified atom stereocenters. The molecule has 2 heterocycles. The van der Waals surface area contributed by atoms with Crippen molar-refractivity contribution >= 4 is 50.3 Å². The third kappa shape index (κ3) is 4.21. The number of carbonyl (C=O) groups is 1. The minimum absolute atomic E-state index is 0.0938. The molecule has 0 saturated carbocycles.